The van der Waals surface area contributed by atoms with Gasteiger partial charge in [-0.3, -0.25) is 4.68 Å². The van der Waals surface area contributed by atoms with Crippen molar-refractivity contribution < 1.29 is 0 Å². The summed E-state index contributed by atoms with van der Waals surface area (Å²) in [7, 11) is 2.03. The molecule has 0 radical (unpaired) electrons. The van der Waals surface area contributed by atoms with Gasteiger partial charge >= 0.3 is 0 Å². The maximum atomic E-state index is 4.68. The maximum Gasteiger partial charge on any atom is 0.127 e. The van der Waals surface area contributed by atoms with Crippen molar-refractivity contribution in [3.63, 3.8) is 0 Å². The standard InChI is InChI=1S/C15H19N3/c1-18-15-13(9-5-6-10-16-15)14(17-18)11-12-7-3-2-4-8-12/h2-4,7-8,16H,5-6,9-11H2,1H3. The number of rotatable bonds is 2. The quantitative estimate of drug-likeness (QED) is 0.876. The van der Waals surface area contributed by atoms with Crippen LogP contribution in [-0.2, 0) is 19.9 Å². The largest absolute Gasteiger partial charge is 0.370 e. The molecule has 3 rings (SSSR count). The molecule has 1 aliphatic heterocycles. The van der Waals surface area contributed by atoms with Crippen LogP contribution in [0.1, 0.15) is 29.7 Å². The van der Waals surface area contributed by atoms with Crippen molar-refractivity contribution in [2.24, 2.45) is 7.05 Å². The lowest BCUT2D eigenvalue weighted by molar-refractivity contribution is 0.735. The average molecular weight is 241 g/mol. The predicted molar refractivity (Wildman–Crippen MR) is 73.9 cm³/mol. The molecule has 94 valence electrons. The van der Waals surface area contributed by atoms with Gasteiger partial charge in [0.15, 0.2) is 0 Å². The molecule has 1 aromatic heterocycles. The second-order valence-corrected chi connectivity index (χ2v) is 4.94. The molecule has 0 unspecified atom stereocenters. The van der Waals surface area contributed by atoms with Gasteiger partial charge in [-0.25, -0.2) is 0 Å². The van der Waals surface area contributed by atoms with Gasteiger partial charge in [0.1, 0.15) is 5.82 Å². The molecular formula is C15H19N3. The Morgan fingerprint density at radius 3 is 2.89 bits per heavy atom. The number of aromatic nitrogens is 2. The average Bonchev–Trinajstić information content (AvgIpc) is 2.59. The van der Waals surface area contributed by atoms with Gasteiger partial charge in [0.25, 0.3) is 0 Å². The summed E-state index contributed by atoms with van der Waals surface area (Å²) in [6, 6.07) is 10.6. The molecule has 2 aromatic rings. The topological polar surface area (TPSA) is 29.9 Å². The first kappa shape index (κ1) is 11.3. The van der Waals surface area contributed by atoms with Gasteiger partial charge in [0, 0.05) is 25.6 Å². The highest BCUT2D eigenvalue weighted by Gasteiger charge is 2.17. The summed E-state index contributed by atoms with van der Waals surface area (Å²) < 4.78 is 2.00. The van der Waals surface area contributed by atoms with Gasteiger partial charge in [-0.2, -0.15) is 5.10 Å². The molecule has 0 amide bonds. The molecule has 2 heterocycles. The summed E-state index contributed by atoms with van der Waals surface area (Å²) in [5.41, 5.74) is 3.98. The van der Waals surface area contributed by atoms with Crippen molar-refractivity contribution in [1.82, 2.24) is 9.78 Å². The van der Waals surface area contributed by atoms with E-state index in [1.807, 2.05) is 11.7 Å². The lowest BCUT2D eigenvalue weighted by Gasteiger charge is -2.04. The molecular weight excluding hydrogens is 222 g/mol. The van der Waals surface area contributed by atoms with Crippen LogP contribution in [0.15, 0.2) is 30.3 Å². The molecule has 3 heteroatoms. The molecule has 0 aliphatic carbocycles. The smallest absolute Gasteiger partial charge is 0.127 e. The molecule has 0 fully saturated rings. The van der Waals surface area contributed by atoms with E-state index >= 15 is 0 Å². The Labute approximate surface area is 108 Å². The van der Waals surface area contributed by atoms with E-state index in [2.05, 4.69) is 40.7 Å². The number of aryl methyl sites for hydroxylation is 1. The Balaban J connectivity index is 1.93. The lowest BCUT2D eigenvalue weighted by atomic mass is 10.0. The van der Waals surface area contributed by atoms with Crippen LogP contribution >= 0.6 is 0 Å². The highest BCUT2D eigenvalue weighted by molar-refractivity contribution is 5.49. The number of fused-ring (bicyclic) bond motifs is 1. The highest BCUT2D eigenvalue weighted by atomic mass is 15.3. The normalized spacial score (nSPS) is 14.7. The molecule has 1 N–H and O–H groups in total. The second kappa shape index (κ2) is 4.84. The fourth-order valence-electron chi connectivity index (χ4n) is 2.67. The van der Waals surface area contributed by atoms with E-state index in [1.54, 1.807) is 0 Å². The van der Waals surface area contributed by atoms with Crippen LogP contribution in [0.5, 0.6) is 0 Å². The van der Waals surface area contributed by atoms with Crippen molar-refractivity contribution in [2.75, 3.05) is 11.9 Å². The fourth-order valence-corrected chi connectivity index (χ4v) is 2.67. The van der Waals surface area contributed by atoms with Gasteiger partial charge in [-0.15, -0.1) is 0 Å². The van der Waals surface area contributed by atoms with Crippen LogP contribution < -0.4 is 5.32 Å². The highest BCUT2D eigenvalue weighted by Crippen LogP contribution is 2.25. The minimum atomic E-state index is 0.936. The Bertz CT molecular complexity index is 528. The van der Waals surface area contributed by atoms with E-state index in [9.17, 15) is 0 Å². The molecule has 3 nitrogen and oxygen atoms in total. The summed E-state index contributed by atoms with van der Waals surface area (Å²) in [6.07, 6.45) is 4.59. The van der Waals surface area contributed by atoms with Crippen LogP contribution in [0, 0.1) is 0 Å². The fraction of sp³-hybridized carbons (Fsp3) is 0.400. The Morgan fingerprint density at radius 2 is 2.06 bits per heavy atom. The van der Waals surface area contributed by atoms with E-state index in [0.29, 0.717) is 0 Å². The van der Waals surface area contributed by atoms with E-state index in [1.165, 1.54) is 35.5 Å². The van der Waals surface area contributed by atoms with Crippen LogP contribution in [0.4, 0.5) is 5.82 Å². The van der Waals surface area contributed by atoms with Crippen LogP contribution in [0.2, 0.25) is 0 Å². The second-order valence-electron chi connectivity index (χ2n) is 4.94. The summed E-state index contributed by atoms with van der Waals surface area (Å²) in [5, 5.41) is 8.18. The molecule has 18 heavy (non-hydrogen) atoms. The van der Waals surface area contributed by atoms with Crippen molar-refractivity contribution in [1.29, 1.82) is 0 Å². The third-order valence-corrected chi connectivity index (χ3v) is 3.59. The van der Waals surface area contributed by atoms with Gasteiger partial charge < -0.3 is 5.32 Å². The minimum absolute atomic E-state index is 0.936. The Kier molecular flexibility index (Phi) is 3.05. The number of hydrogen-bond donors (Lipinski definition) is 1. The number of benzene rings is 1. The van der Waals surface area contributed by atoms with E-state index in [4.69, 9.17) is 0 Å². The van der Waals surface area contributed by atoms with Crippen molar-refractivity contribution in [3.8, 4) is 0 Å². The van der Waals surface area contributed by atoms with E-state index < -0.39 is 0 Å². The molecule has 1 aromatic carbocycles. The van der Waals surface area contributed by atoms with Gasteiger partial charge in [0.05, 0.1) is 5.69 Å². The van der Waals surface area contributed by atoms with Crippen LogP contribution in [0.25, 0.3) is 0 Å². The Hall–Kier alpha value is -1.77. The molecule has 0 spiro atoms. The van der Waals surface area contributed by atoms with Gasteiger partial charge in [-0.1, -0.05) is 30.3 Å². The summed E-state index contributed by atoms with van der Waals surface area (Å²) in [6.45, 7) is 1.07. The van der Waals surface area contributed by atoms with Crippen molar-refractivity contribution >= 4 is 5.82 Å². The summed E-state index contributed by atoms with van der Waals surface area (Å²) in [4.78, 5) is 0. The van der Waals surface area contributed by atoms with Crippen molar-refractivity contribution in [2.45, 2.75) is 25.7 Å². The number of anilines is 1. The zero-order valence-electron chi connectivity index (χ0n) is 10.8. The number of hydrogen-bond acceptors (Lipinski definition) is 2. The molecule has 0 saturated carbocycles. The van der Waals surface area contributed by atoms with E-state index in [0.717, 1.165) is 19.4 Å². The predicted octanol–water partition coefficient (Wildman–Crippen LogP) is 2.76. The third kappa shape index (κ3) is 2.13. The van der Waals surface area contributed by atoms with Crippen molar-refractivity contribution in [3.05, 3.63) is 47.2 Å². The Morgan fingerprint density at radius 1 is 1.22 bits per heavy atom. The molecule has 0 atom stereocenters. The van der Waals surface area contributed by atoms with Crippen LogP contribution in [0.3, 0.4) is 0 Å². The molecule has 0 bridgehead atoms. The lowest BCUT2D eigenvalue weighted by Crippen LogP contribution is -2.04. The minimum Gasteiger partial charge on any atom is -0.370 e. The monoisotopic (exact) mass is 241 g/mol. The zero-order chi connectivity index (χ0) is 12.4. The zero-order valence-corrected chi connectivity index (χ0v) is 10.8. The van der Waals surface area contributed by atoms with E-state index in [-0.39, 0.29) is 0 Å². The summed E-state index contributed by atoms with van der Waals surface area (Å²) in [5.74, 6) is 1.22. The third-order valence-electron chi connectivity index (χ3n) is 3.59. The number of nitrogens with zero attached hydrogens (tertiary/aromatic N) is 2. The van der Waals surface area contributed by atoms with Gasteiger partial charge in [-0.05, 0) is 24.8 Å². The first-order chi connectivity index (χ1) is 8.84. The SMILES string of the molecule is Cn1nc(Cc2ccccc2)c2c1NCCCC2. The maximum absolute atomic E-state index is 4.68. The molecule has 0 saturated heterocycles. The summed E-state index contributed by atoms with van der Waals surface area (Å²) >= 11 is 0. The van der Waals surface area contributed by atoms with Crippen LogP contribution in [-0.4, -0.2) is 16.3 Å². The first-order valence-corrected chi connectivity index (χ1v) is 6.67. The van der Waals surface area contributed by atoms with Gasteiger partial charge in [0.2, 0.25) is 0 Å². The molecule has 1 aliphatic rings. The number of nitrogens with one attached hydrogen (secondary N) is 1. The first-order valence-electron chi connectivity index (χ1n) is 6.67.